The zero-order chi connectivity index (χ0) is 22.6. The van der Waals surface area contributed by atoms with Crippen molar-refractivity contribution in [1.82, 2.24) is 15.2 Å². The van der Waals surface area contributed by atoms with Gasteiger partial charge in [-0.25, -0.2) is 19.1 Å². The third kappa shape index (κ3) is 5.41. The average molecular weight is 455 g/mol. The molecule has 0 amide bonds. The molecule has 0 radical (unpaired) electrons. The Morgan fingerprint density at radius 2 is 2.00 bits per heavy atom. The lowest BCUT2D eigenvalue weighted by atomic mass is 9.88. The van der Waals surface area contributed by atoms with Gasteiger partial charge >= 0.3 is 11.7 Å². The van der Waals surface area contributed by atoms with Crippen LogP contribution in [0.2, 0.25) is 5.02 Å². The van der Waals surface area contributed by atoms with Gasteiger partial charge in [0.25, 0.3) is 0 Å². The zero-order valence-corrected chi connectivity index (χ0v) is 17.9. The average Bonchev–Trinajstić information content (AvgIpc) is 3.13. The number of aromatic amines is 2. The molecule has 2 unspecified atom stereocenters. The first kappa shape index (κ1) is 23.5. The number of hydrogen-bond acceptors (Lipinski definition) is 6. The number of aryl methyl sites for hydroxylation is 1. The largest absolute Gasteiger partial charge is 0.477 e. The molecule has 0 saturated carbocycles. The minimum Gasteiger partial charge on any atom is -0.477 e. The number of hydrogen-bond donors (Lipinski definition) is 4. The number of carboxylic acid groups (broad SMARTS) is 1. The number of aromatic nitrogens is 3. The summed E-state index contributed by atoms with van der Waals surface area (Å²) in [6.45, 7) is 5.53. The molecule has 1 aromatic carbocycles. The number of carbonyl (C=O) groups is 1. The SMILES string of the molecule is Cc1ccc(F)c(C(C)C(N)c2n[nH]c(=O)o2)c1C.O=C(O)c1[nH]c(=S)ccc1Cl. The Hall–Kier alpha value is -2.82. The molecular formula is C19H20ClFN4O4S. The summed E-state index contributed by atoms with van der Waals surface area (Å²) in [5.74, 6) is -2.37. The summed E-state index contributed by atoms with van der Waals surface area (Å²) in [6, 6.07) is 5.44. The Balaban J connectivity index is 0.000000248. The summed E-state index contributed by atoms with van der Waals surface area (Å²) >= 11 is 10.2. The third-order valence-electron chi connectivity index (χ3n) is 4.55. The fourth-order valence-corrected chi connectivity index (χ4v) is 3.11. The lowest BCUT2D eigenvalue weighted by molar-refractivity contribution is 0.0690. The van der Waals surface area contributed by atoms with Crippen LogP contribution in [0.15, 0.2) is 33.5 Å². The number of benzene rings is 1. The van der Waals surface area contributed by atoms with Crippen molar-refractivity contribution < 1.29 is 18.7 Å². The monoisotopic (exact) mass is 454 g/mol. The number of halogens is 2. The van der Waals surface area contributed by atoms with Gasteiger partial charge in [0.05, 0.1) is 11.1 Å². The number of nitrogens with one attached hydrogen (secondary N) is 2. The second kappa shape index (κ2) is 9.79. The minimum absolute atomic E-state index is 0.0702. The number of carboxylic acids is 1. The smallest absolute Gasteiger partial charge is 0.434 e. The summed E-state index contributed by atoms with van der Waals surface area (Å²) in [5, 5.41) is 14.5. The van der Waals surface area contributed by atoms with Crippen LogP contribution in [0.4, 0.5) is 4.39 Å². The van der Waals surface area contributed by atoms with Gasteiger partial charge in [-0.3, -0.25) is 0 Å². The molecule has 0 aliphatic heterocycles. The molecule has 0 saturated heterocycles. The fourth-order valence-electron chi connectivity index (χ4n) is 2.75. The number of pyridine rings is 1. The van der Waals surface area contributed by atoms with Crippen LogP contribution in [-0.4, -0.2) is 26.3 Å². The van der Waals surface area contributed by atoms with Crippen molar-refractivity contribution >= 4 is 29.8 Å². The van der Waals surface area contributed by atoms with Gasteiger partial charge in [0, 0.05) is 5.92 Å². The van der Waals surface area contributed by atoms with Crippen LogP contribution < -0.4 is 11.5 Å². The number of nitrogens with two attached hydrogens (primary N) is 1. The molecule has 0 fully saturated rings. The van der Waals surface area contributed by atoms with E-state index in [1.165, 1.54) is 18.2 Å². The molecule has 3 aromatic rings. The fraction of sp³-hybridized carbons (Fsp3) is 0.263. The Bertz CT molecular complexity index is 1170. The van der Waals surface area contributed by atoms with E-state index >= 15 is 0 Å². The minimum atomic E-state index is -1.11. The van der Waals surface area contributed by atoms with Crippen molar-refractivity contribution in [2.45, 2.75) is 32.7 Å². The second-order valence-corrected chi connectivity index (χ2v) is 7.37. The van der Waals surface area contributed by atoms with Crippen LogP contribution in [0.5, 0.6) is 0 Å². The first-order valence-electron chi connectivity index (χ1n) is 8.71. The van der Waals surface area contributed by atoms with Gasteiger partial charge in [0.1, 0.15) is 16.2 Å². The Labute approximate surface area is 180 Å². The molecule has 0 spiro atoms. The van der Waals surface area contributed by atoms with Crippen LogP contribution in [0, 0.1) is 24.3 Å². The molecule has 0 aliphatic carbocycles. The van der Waals surface area contributed by atoms with Crippen molar-refractivity contribution in [3.8, 4) is 0 Å². The van der Waals surface area contributed by atoms with Gasteiger partial charge in [0.2, 0.25) is 5.89 Å². The van der Waals surface area contributed by atoms with E-state index in [-0.39, 0.29) is 28.3 Å². The van der Waals surface area contributed by atoms with Crippen LogP contribution in [0.3, 0.4) is 0 Å². The highest BCUT2D eigenvalue weighted by molar-refractivity contribution is 7.71. The normalized spacial score (nSPS) is 12.6. The van der Waals surface area contributed by atoms with E-state index in [9.17, 15) is 14.0 Å². The first-order valence-corrected chi connectivity index (χ1v) is 9.50. The number of nitrogens with zero attached hydrogens (tertiary/aromatic N) is 1. The quantitative estimate of drug-likeness (QED) is 0.437. The summed E-state index contributed by atoms with van der Waals surface area (Å²) < 4.78 is 19.2. The molecule has 11 heteroatoms. The standard InChI is InChI=1S/C13H16FN3O2.C6H4ClNO2S/c1-6-4-5-9(14)10(7(6)2)8(3)11(15)12-16-17-13(18)19-12;7-3-1-2-4(11)8-5(3)6(9)10/h4-5,8,11H,15H2,1-3H3,(H,17,18);1-2H,(H,8,11)(H,9,10). The van der Waals surface area contributed by atoms with Crippen LogP contribution in [0.25, 0.3) is 0 Å². The Kier molecular flexibility index (Phi) is 7.65. The molecule has 3 rings (SSSR count). The van der Waals surface area contributed by atoms with E-state index in [1.54, 1.807) is 13.0 Å². The molecule has 5 N–H and O–H groups in total. The lowest BCUT2D eigenvalue weighted by Gasteiger charge is -2.20. The van der Waals surface area contributed by atoms with Crippen molar-refractivity contribution in [3.05, 3.63) is 78.6 Å². The topological polar surface area (TPSA) is 138 Å². The first-order chi connectivity index (χ1) is 14.0. The molecule has 30 heavy (non-hydrogen) atoms. The maximum absolute atomic E-state index is 14.0. The van der Waals surface area contributed by atoms with Gasteiger partial charge in [-0.1, -0.05) is 36.8 Å². The molecule has 8 nitrogen and oxygen atoms in total. The lowest BCUT2D eigenvalue weighted by Crippen LogP contribution is -2.20. The molecule has 160 valence electrons. The summed E-state index contributed by atoms with van der Waals surface area (Å²) in [5.41, 5.74) is 8.28. The zero-order valence-electron chi connectivity index (χ0n) is 16.3. The molecule has 0 aliphatic rings. The Morgan fingerprint density at radius 1 is 1.33 bits per heavy atom. The maximum Gasteiger partial charge on any atom is 0.434 e. The predicted octanol–water partition coefficient (Wildman–Crippen LogP) is 4.02. The molecule has 2 aromatic heterocycles. The summed E-state index contributed by atoms with van der Waals surface area (Å²) in [4.78, 5) is 23.8. The predicted molar refractivity (Wildman–Crippen MR) is 112 cm³/mol. The number of H-pyrrole nitrogens is 2. The van der Waals surface area contributed by atoms with Crippen molar-refractivity contribution in [2.75, 3.05) is 0 Å². The van der Waals surface area contributed by atoms with Crippen LogP contribution in [-0.2, 0) is 0 Å². The van der Waals surface area contributed by atoms with E-state index < -0.39 is 17.8 Å². The third-order valence-corrected chi connectivity index (χ3v) is 5.10. The van der Waals surface area contributed by atoms with E-state index in [4.69, 9.17) is 39.1 Å². The van der Waals surface area contributed by atoms with E-state index in [1.807, 2.05) is 13.8 Å². The van der Waals surface area contributed by atoms with Gasteiger partial charge < -0.3 is 20.2 Å². The van der Waals surface area contributed by atoms with Gasteiger partial charge in [-0.15, -0.1) is 5.10 Å². The van der Waals surface area contributed by atoms with E-state index in [0.717, 1.165) is 11.1 Å². The summed E-state index contributed by atoms with van der Waals surface area (Å²) in [6.07, 6.45) is 0. The number of rotatable bonds is 4. The van der Waals surface area contributed by atoms with Crippen molar-refractivity contribution in [1.29, 1.82) is 0 Å². The van der Waals surface area contributed by atoms with Crippen LogP contribution >= 0.6 is 23.8 Å². The highest BCUT2D eigenvalue weighted by atomic mass is 35.5. The van der Waals surface area contributed by atoms with Gasteiger partial charge in [0.15, 0.2) is 0 Å². The molecule has 0 bridgehead atoms. The molecular weight excluding hydrogens is 435 g/mol. The van der Waals surface area contributed by atoms with Crippen LogP contribution in [0.1, 0.15) is 52.0 Å². The molecule has 2 atom stereocenters. The highest BCUT2D eigenvalue weighted by Crippen LogP contribution is 2.32. The van der Waals surface area contributed by atoms with E-state index in [2.05, 4.69) is 15.2 Å². The van der Waals surface area contributed by atoms with Gasteiger partial charge in [-0.2, -0.15) is 0 Å². The van der Waals surface area contributed by atoms with E-state index in [0.29, 0.717) is 10.2 Å². The van der Waals surface area contributed by atoms with Crippen molar-refractivity contribution in [2.24, 2.45) is 5.73 Å². The summed E-state index contributed by atoms with van der Waals surface area (Å²) in [7, 11) is 0. The Morgan fingerprint density at radius 3 is 2.53 bits per heavy atom. The second-order valence-electron chi connectivity index (χ2n) is 6.52. The molecule has 2 heterocycles. The van der Waals surface area contributed by atoms with Gasteiger partial charge in [-0.05, 0) is 48.7 Å². The highest BCUT2D eigenvalue weighted by Gasteiger charge is 2.25. The van der Waals surface area contributed by atoms with Crippen molar-refractivity contribution in [3.63, 3.8) is 0 Å². The number of aromatic carboxylic acids is 1. The maximum atomic E-state index is 14.0.